The summed E-state index contributed by atoms with van der Waals surface area (Å²) in [4.78, 5) is 4.39. The number of aryl methyl sites for hydroxylation is 1. The van der Waals surface area contributed by atoms with Crippen molar-refractivity contribution in [2.75, 3.05) is 5.75 Å². The van der Waals surface area contributed by atoms with Crippen molar-refractivity contribution in [1.29, 1.82) is 0 Å². The second-order valence-electron chi connectivity index (χ2n) is 4.12. The van der Waals surface area contributed by atoms with Crippen molar-refractivity contribution >= 4 is 11.8 Å². The van der Waals surface area contributed by atoms with Gasteiger partial charge in [0.2, 0.25) is 0 Å². The minimum atomic E-state index is 0.663. The van der Waals surface area contributed by atoms with Crippen molar-refractivity contribution in [3.8, 4) is 0 Å². The van der Waals surface area contributed by atoms with Crippen molar-refractivity contribution in [3.63, 3.8) is 0 Å². The smallest absolute Gasteiger partial charge is 0.0570 e. The van der Waals surface area contributed by atoms with E-state index in [1.807, 2.05) is 12.3 Å². The quantitative estimate of drug-likeness (QED) is 0.850. The van der Waals surface area contributed by atoms with Crippen molar-refractivity contribution in [2.24, 2.45) is 0 Å². The largest absolute Gasteiger partial charge is 0.307 e. The molecular formula is C12H18N2S. The number of pyridine rings is 1. The van der Waals surface area contributed by atoms with Gasteiger partial charge < -0.3 is 5.32 Å². The number of hydrogen-bond donors (Lipinski definition) is 1. The summed E-state index contributed by atoms with van der Waals surface area (Å²) in [6.45, 7) is 5.33. The molecule has 0 saturated carbocycles. The van der Waals surface area contributed by atoms with E-state index >= 15 is 0 Å². The lowest BCUT2D eigenvalue weighted by molar-refractivity contribution is 0.507. The zero-order valence-corrected chi connectivity index (χ0v) is 10.2. The summed E-state index contributed by atoms with van der Waals surface area (Å²) in [5, 5.41) is 4.35. The second-order valence-corrected chi connectivity index (χ2v) is 5.60. The number of nitrogens with zero attached hydrogens (tertiary/aromatic N) is 1. The molecule has 1 aromatic heterocycles. The van der Waals surface area contributed by atoms with E-state index in [2.05, 4.69) is 42.0 Å². The zero-order chi connectivity index (χ0) is 10.7. The molecule has 1 aliphatic heterocycles. The summed E-state index contributed by atoms with van der Waals surface area (Å²) in [5.41, 5.74) is 2.46. The summed E-state index contributed by atoms with van der Waals surface area (Å²) in [6.07, 6.45) is 3.16. The average Bonchev–Trinajstić information content (AvgIpc) is 2.63. The van der Waals surface area contributed by atoms with Crippen LogP contribution in [0.2, 0.25) is 0 Å². The van der Waals surface area contributed by atoms with E-state index < -0.39 is 0 Å². The van der Waals surface area contributed by atoms with Gasteiger partial charge in [-0.15, -0.1) is 0 Å². The number of aromatic nitrogens is 1. The lowest BCUT2D eigenvalue weighted by atomic mass is 10.1. The fourth-order valence-corrected chi connectivity index (χ4v) is 3.16. The minimum Gasteiger partial charge on any atom is -0.307 e. The van der Waals surface area contributed by atoms with Gasteiger partial charge in [-0.05, 0) is 30.7 Å². The van der Waals surface area contributed by atoms with Crippen molar-refractivity contribution in [1.82, 2.24) is 10.3 Å². The third-order valence-electron chi connectivity index (χ3n) is 3.03. The highest BCUT2D eigenvalue weighted by atomic mass is 32.2. The van der Waals surface area contributed by atoms with Crippen molar-refractivity contribution in [3.05, 3.63) is 29.6 Å². The molecule has 0 radical (unpaired) electrons. The van der Waals surface area contributed by atoms with E-state index in [9.17, 15) is 0 Å². The van der Waals surface area contributed by atoms with E-state index in [-0.39, 0.29) is 0 Å². The van der Waals surface area contributed by atoms with Gasteiger partial charge >= 0.3 is 0 Å². The topological polar surface area (TPSA) is 24.9 Å². The van der Waals surface area contributed by atoms with Crippen LogP contribution in [0.25, 0.3) is 0 Å². The molecule has 2 rings (SSSR count). The molecule has 0 aromatic carbocycles. The molecular weight excluding hydrogens is 204 g/mol. The molecule has 0 spiro atoms. The van der Waals surface area contributed by atoms with Crippen LogP contribution in [-0.2, 0) is 6.54 Å². The summed E-state index contributed by atoms with van der Waals surface area (Å²) < 4.78 is 0. The maximum absolute atomic E-state index is 4.39. The van der Waals surface area contributed by atoms with Gasteiger partial charge in [0, 0.05) is 24.0 Å². The van der Waals surface area contributed by atoms with Crippen LogP contribution < -0.4 is 5.32 Å². The van der Waals surface area contributed by atoms with Gasteiger partial charge in [-0.25, -0.2) is 0 Å². The van der Waals surface area contributed by atoms with E-state index in [4.69, 9.17) is 0 Å². The first-order chi connectivity index (χ1) is 7.27. The van der Waals surface area contributed by atoms with Crippen molar-refractivity contribution < 1.29 is 0 Å². The first kappa shape index (κ1) is 11.0. The number of nitrogens with one attached hydrogen (secondary N) is 1. The fourth-order valence-electron chi connectivity index (χ4n) is 1.93. The lowest BCUT2D eigenvalue weighted by Gasteiger charge is -2.16. The second kappa shape index (κ2) is 4.99. The molecule has 2 heterocycles. The van der Waals surface area contributed by atoms with E-state index in [1.165, 1.54) is 23.4 Å². The molecule has 1 saturated heterocycles. The molecule has 1 N–H and O–H groups in total. The van der Waals surface area contributed by atoms with Gasteiger partial charge in [0.1, 0.15) is 0 Å². The van der Waals surface area contributed by atoms with Crippen LogP contribution >= 0.6 is 11.8 Å². The van der Waals surface area contributed by atoms with E-state index in [0.29, 0.717) is 6.04 Å². The monoisotopic (exact) mass is 222 g/mol. The van der Waals surface area contributed by atoms with Crippen LogP contribution in [0.5, 0.6) is 0 Å². The number of hydrogen-bond acceptors (Lipinski definition) is 3. The number of thioether (sulfide) groups is 1. The molecule has 1 aromatic rings. The van der Waals surface area contributed by atoms with E-state index in [1.54, 1.807) is 0 Å². The van der Waals surface area contributed by atoms with Gasteiger partial charge in [0.15, 0.2) is 0 Å². The molecule has 82 valence electrons. The predicted octanol–water partition coefficient (Wildman–Crippen LogP) is 2.37. The minimum absolute atomic E-state index is 0.663. The van der Waals surface area contributed by atoms with Gasteiger partial charge in [-0.3, -0.25) is 4.98 Å². The van der Waals surface area contributed by atoms with Crippen LogP contribution in [0.4, 0.5) is 0 Å². The fraction of sp³-hybridized carbons (Fsp3) is 0.583. The molecule has 2 atom stereocenters. The third kappa shape index (κ3) is 2.73. The highest BCUT2D eigenvalue weighted by Gasteiger charge is 2.23. The third-order valence-corrected chi connectivity index (χ3v) is 4.35. The van der Waals surface area contributed by atoms with Gasteiger partial charge in [0.05, 0.1) is 5.69 Å². The predicted molar refractivity (Wildman–Crippen MR) is 66.1 cm³/mol. The van der Waals surface area contributed by atoms with Gasteiger partial charge in [-0.2, -0.15) is 11.8 Å². The molecule has 2 unspecified atom stereocenters. The van der Waals surface area contributed by atoms with Crippen LogP contribution in [0.3, 0.4) is 0 Å². The summed E-state index contributed by atoms with van der Waals surface area (Å²) in [5.74, 6) is 1.29. The summed E-state index contributed by atoms with van der Waals surface area (Å²) >= 11 is 2.06. The Morgan fingerprint density at radius 3 is 3.13 bits per heavy atom. The van der Waals surface area contributed by atoms with Gasteiger partial charge in [-0.1, -0.05) is 13.0 Å². The first-order valence-electron chi connectivity index (χ1n) is 5.53. The summed E-state index contributed by atoms with van der Waals surface area (Å²) in [7, 11) is 0. The zero-order valence-electron chi connectivity index (χ0n) is 9.36. The Balaban J connectivity index is 1.90. The molecule has 2 nitrogen and oxygen atoms in total. The van der Waals surface area contributed by atoms with E-state index in [0.717, 1.165) is 11.8 Å². The van der Waals surface area contributed by atoms with Crippen LogP contribution in [0, 0.1) is 6.92 Å². The molecule has 1 fully saturated rings. The SMILES string of the molecule is Cc1cccnc1CNC1CCSC1C. The Labute approximate surface area is 95.9 Å². The molecule has 0 aliphatic carbocycles. The normalized spacial score (nSPS) is 25.7. The van der Waals surface area contributed by atoms with Gasteiger partial charge in [0.25, 0.3) is 0 Å². The molecule has 15 heavy (non-hydrogen) atoms. The highest BCUT2D eigenvalue weighted by molar-refractivity contribution is 8.00. The van der Waals surface area contributed by atoms with Crippen LogP contribution in [0.1, 0.15) is 24.6 Å². The number of rotatable bonds is 3. The molecule has 0 amide bonds. The molecule has 1 aliphatic rings. The molecule has 3 heteroatoms. The maximum atomic E-state index is 4.39. The Morgan fingerprint density at radius 1 is 1.60 bits per heavy atom. The van der Waals surface area contributed by atoms with Crippen molar-refractivity contribution in [2.45, 2.75) is 38.1 Å². The Hall–Kier alpha value is -0.540. The van der Waals surface area contributed by atoms with Crippen LogP contribution in [0.15, 0.2) is 18.3 Å². The maximum Gasteiger partial charge on any atom is 0.0570 e. The molecule has 0 bridgehead atoms. The Bertz CT molecular complexity index is 327. The lowest BCUT2D eigenvalue weighted by Crippen LogP contribution is -2.33. The Morgan fingerprint density at radius 2 is 2.47 bits per heavy atom. The van der Waals surface area contributed by atoms with Crippen LogP contribution in [-0.4, -0.2) is 22.0 Å². The first-order valence-corrected chi connectivity index (χ1v) is 6.57. The average molecular weight is 222 g/mol. The Kier molecular flexibility index (Phi) is 3.65. The highest BCUT2D eigenvalue weighted by Crippen LogP contribution is 2.26. The summed E-state index contributed by atoms with van der Waals surface area (Å²) in [6, 6.07) is 4.78. The standard InChI is InChI=1S/C12H18N2S/c1-9-4-3-6-13-12(9)8-14-11-5-7-15-10(11)2/h3-4,6,10-11,14H,5,7-8H2,1-2H3.